The second-order valence-electron chi connectivity index (χ2n) is 7.45. The van der Waals surface area contributed by atoms with Crippen molar-refractivity contribution in [3.8, 4) is 5.75 Å². The summed E-state index contributed by atoms with van der Waals surface area (Å²) in [6, 6.07) is 8.20. The lowest BCUT2D eigenvalue weighted by molar-refractivity contribution is -0.383. The van der Waals surface area contributed by atoms with E-state index in [-0.39, 0.29) is 16.7 Å². The van der Waals surface area contributed by atoms with Crippen molar-refractivity contribution in [1.29, 1.82) is 0 Å². The highest BCUT2D eigenvalue weighted by Gasteiger charge is 2.30. The second-order valence-corrected chi connectivity index (χ2v) is 7.45. The molecule has 1 aromatic heterocycles. The Morgan fingerprint density at radius 3 is 2.34 bits per heavy atom. The molecular formula is C20H26N6O3. The minimum Gasteiger partial charge on any atom is -0.497 e. The molecule has 9 heteroatoms. The summed E-state index contributed by atoms with van der Waals surface area (Å²) in [5, 5.41) is 15.1. The average Bonchev–Trinajstić information content (AvgIpc) is 3.27. The topological polar surface area (TPSA) is 96.7 Å². The maximum atomic E-state index is 11.8. The zero-order chi connectivity index (χ0) is 20.2. The molecule has 0 radical (unpaired) electrons. The molecule has 0 amide bonds. The van der Waals surface area contributed by atoms with E-state index < -0.39 is 0 Å². The Hall–Kier alpha value is -3.10. The van der Waals surface area contributed by atoms with E-state index >= 15 is 0 Å². The molecule has 1 N–H and O–H groups in total. The van der Waals surface area contributed by atoms with Crippen molar-refractivity contribution in [2.75, 3.05) is 48.4 Å². The molecule has 2 aromatic rings. The summed E-state index contributed by atoms with van der Waals surface area (Å²) in [5.74, 6) is 1.57. The van der Waals surface area contributed by atoms with Gasteiger partial charge in [-0.2, -0.15) is 0 Å². The Balaban J connectivity index is 1.49. The second kappa shape index (κ2) is 8.50. The van der Waals surface area contributed by atoms with E-state index in [1.807, 2.05) is 29.2 Å². The molecular weight excluding hydrogens is 372 g/mol. The highest BCUT2D eigenvalue weighted by atomic mass is 16.6. The molecule has 0 unspecified atom stereocenters. The van der Waals surface area contributed by atoms with Crippen LogP contribution < -0.4 is 19.9 Å². The van der Waals surface area contributed by atoms with E-state index in [0.29, 0.717) is 24.7 Å². The Kier molecular flexibility index (Phi) is 5.64. The van der Waals surface area contributed by atoms with Gasteiger partial charge in [0.25, 0.3) is 0 Å². The Morgan fingerprint density at radius 1 is 1.07 bits per heavy atom. The van der Waals surface area contributed by atoms with Crippen LogP contribution in [0.1, 0.15) is 25.7 Å². The molecule has 1 aliphatic carbocycles. The molecule has 9 nitrogen and oxygen atoms in total. The van der Waals surface area contributed by atoms with Gasteiger partial charge in [0.15, 0.2) is 0 Å². The number of piperazine rings is 1. The van der Waals surface area contributed by atoms with Gasteiger partial charge in [0, 0.05) is 37.9 Å². The van der Waals surface area contributed by atoms with Crippen LogP contribution in [-0.4, -0.2) is 54.2 Å². The predicted molar refractivity (Wildman–Crippen MR) is 112 cm³/mol. The van der Waals surface area contributed by atoms with Crippen LogP contribution in [-0.2, 0) is 0 Å². The molecule has 0 spiro atoms. The standard InChI is InChI=1S/C20H26N6O3/c1-29-17-8-6-16(7-9-17)24-10-12-25(13-11-24)20-18(26(27)28)19(21-14-22-20)23-15-4-2-3-5-15/h6-9,14-15H,2-5,10-13H2,1H3,(H,21,22,23). The maximum absolute atomic E-state index is 11.8. The molecule has 4 rings (SSSR count). The Morgan fingerprint density at radius 2 is 1.72 bits per heavy atom. The quantitative estimate of drug-likeness (QED) is 0.586. The zero-order valence-corrected chi connectivity index (χ0v) is 16.6. The molecule has 154 valence electrons. The number of ether oxygens (including phenoxy) is 1. The molecule has 0 bridgehead atoms. The van der Waals surface area contributed by atoms with Gasteiger partial charge in [-0.05, 0) is 37.1 Å². The van der Waals surface area contributed by atoms with Gasteiger partial charge in [0.2, 0.25) is 11.6 Å². The lowest BCUT2D eigenvalue weighted by Gasteiger charge is -2.36. The summed E-state index contributed by atoms with van der Waals surface area (Å²) in [6.45, 7) is 2.84. The number of benzene rings is 1. The van der Waals surface area contributed by atoms with Crippen molar-refractivity contribution in [2.45, 2.75) is 31.7 Å². The van der Waals surface area contributed by atoms with Crippen LogP contribution in [0.4, 0.5) is 23.0 Å². The summed E-state index contributed by atoms with van der Waals surface area (Å²) in [6.07, 6.45) is 5.77. The minimum absolute atomic E-state index is 0.0164. The largest absolute Gasteiger partial charge is 0.497 e. The normalized spacial score (nSPS) is 17.4. The third-order valence-electron chi connectivity index (χ3n) is 5.70. The van der Waals surface area contributed by atoms with Crippen LogP contribution in [0.5, 0.6) is 5.75 Å². The lowest BCUT2D eigenvalue weighted by atomic mass is 10.2. The van der Waals surface area contributed by atoms with E-state index in [4.69, 9.17) is 4.74 Å². The van der Waals surface area contributed by atoms with Crippen molar-refractivity contribution in [3.63, 3.8) is 0 Å². The molecule has 1 aromatic carbocycles. The first kappa shape index (κ1) is 19.2. The number of aromatic nitrogens is 2. The van der Waals surface area contributed by atoms with Crippen LogP contribution in [0, 0.1) is 10.1 Å². The molecule has 0 atom stereocenters. The van der Waals surface area contributed by atoms with Gasteiger partial charge in [-0.15, -0.1) is 0 Å². The van der Waals surface area contributed by atoms with Gasteiger partial charge in [0.1, 0.15) is 12.1 Å². The number of nitrogens with one attached hydrogen (secondary N) is 1. The third kappa shape index (κ3) is 4.18. The van der Waals surface area contributed by atoms with E-state index in [2.05, 4.69) is 20.2 Å². The molecule has 1 saturated heterocycles. The summed E-state index contributed by atoms with van der Waals surface area (Å²) in [5.41, 5.74) is 1.10. The molecule has 2 aliphatic rings. The lowest BCUT2D eigenvalue weighted by Crippen LogP contribution is -2.47. The molecule has 1 aliphatic heterocycles. The van der Waals surface area contributed by atoms with Crippen molar-refractivity contribution < 1.29 is 9.66 Å². The van der Waals surface area contributed by atoms with E-state index in [1.54, 1.807) is 7.11 Å². The molecule has 2 fully saturated rings. The number of rotatable bonds is 6. The molecule has 1 saturated carbocycles. The first-order valence-electron chi connectivity index (χ1n) is 10.1. The van der Waals surface area contributed by atoms with Crippen LogP contribution >= 0.6 is 0 Å². The zero-order valence-electron chi connectivity index (χ0n) is 16.6. The average molecular weight is 398 g/mol. The molecule has 2 heterocycles. The Labute approximate surface area is 169 Å². The van der Waals surface area contributed by atoms with E-state index in [1.165, 1.54) is 6.33 Å². The summed E-state index contributed by atoms with van der Waals surface area (Å²) in [7, 11) is 1.65. The van der Waals surface area contributed by atoms with Gasteiger partial charge in [-0.25, -0.2) is 9.97 Å². The van der Waals surface area contributed by atoms with Crippen LogP contribution in [0.2, 0.25) is 0 Å². The highest BCUT2D eigenvalue weighted by molar-refractivity contribution is 5.71. The van der Waals surface area contributed by atoms with Crippen LogP contribution in [0.15, 0.2) is 30.6 Å². The first-order chi connectivity index (χ1) is 14.2. The molecule has 29 heavy (non-hydrogen) atoms. The number of hydrogen-bond donors (Lipinski definition) is 1. The fourth-order valence-corrected chi connectivity index (χ4v) is 4.11. The van der Waals surface area contributed by atoms with Crippen molar-refractivity contribution in [1.82, 2.24) is 9.97 Å². The van der Waals surface area contributed by atoms with Gasteiger partial charge >= 0.3 is 5.69 Å². The van der Waals surface area contributed by atoms with E-state index in [9.17, 15) is 10.1 Å². The smallest absolute Gasteiger partial charge is 0.353 e. The van der Waals surface area contributed by atoms with Crippen LogP contribution in [0.3, 0.4) is 0 Å². The number of nitro groups is 1. The number of methoxy groups -OCH3 is 1. The minimum atomic E-state index is -0.359. The van der Waals surface area contributed by atoms with Gasteiger partial charge < -0.3 is 19.9 Å². The third-order valence-corrected chi connectivity index (χ3v) is 5.70. The van der Waals surface area contributed by atoms with Gasteiger partial charge in [-0.3, -0.25) is 10.1 Å². The van der Waals surface area contributed by atoms with E-state index in [0.717, 1.165) is 50.2 Å². The van der Waals surface area contributed by atoms with Crippen molar-refractivity contribution in [3.05, 3.63) is 40.7 Å². The number of hydrogen-bond acceptors (Lipinski definition) is 8. The van der Waals surface area contributed by atoms with Gasteiger partial charge in [-0.1, -0.05) is 12.8 Å². The van der Waals surface area contributed by atoms with Crippen molar-refractivity contribution >= 4 is 23.0 Å². The maximum Gasteiger partial charge on any atom is 0.353 e. The number of anilines is 3. The SMILES string of the molecule is COc1ccc(N2CCN(c3ncnc(NC4CCCC4)c3[N+](=O)[O-])CC2)cc1. The fourth-order valence-electron chi connectivity index (χ4n) is 4.11. The summed E-state index contributed by atoms with van der Waals surface area (Å²) < 4.78 is 5.21. The van der Waals surface area contributed by atoms with Crippen molar-refractivity contribution in [2.24, 2.45) is 0 Å². The first-order valence-corrected chi connectivity index (χ1v) is 10.1. The summed E-state index contributed by atoms with van der Waals surface area (Å²) in [4.78, 5) is 24.2. The van der Waals surface area contributed by atoms with Gasteiger partial charge in [0.05, 0.1) is 12.0 Å². The summed E-state index contributed by atoms with van der Waals surface area (Å²) >= 11 is 0. The van der Waals surface area contributed by atoms with Crippen LogP contribution in [0.25, 0.3) is 0 Å². The highest BCUT2D eigenvalue weighted by Crippen LogP contribution is 2.34. The number of nitrogens with zero attached hydrogens (tertiary/aromatic N) is 5. The monoisotopic (exact) mass is 398 g/mol. The fraction of sp³-hybridized carbons (Fsp3) is 0.500. The Bertz CT molecular complexity index is 846. The predicted octanol–water partition coefficient (Wildman–Crippen LogP) is 3.07.